The molecule has 1 aliphatic heterocycles. The highest BCUT2D eigenvalue weighted by molar-refractivity contribution is 6.16. The minimum atomic E-state index is -3.09. The van der Waals surface area contributed by atoms with Gasteiger partial charge in [-0.3, -0.25) is 4.79 Å². The van der Waals surface area contributed by atoms with Crippen molar-refractivity contribution in [1.82, 2.24) is 0 Å². The summed E-state index contributed by atoms with van der Waals surface area (Å²) in [6, 6.07) is 10.8. The molecule has 0 aromatic heterocycles. The Morgan fingerprint density at radius 2 is 1.84 bits per heavy atom. The number of alkyl halides is 2. The van der Waals surface area contributed by atoms with E-state index in [1.165, 1.54) is 17.0 Å². The van der Waals surface area contributed by atoms with E-state index in [0.717, 1.165) is 6.07 Å². The van der Waals surface area contributed by atoms with Crippen molar-refractivity contribution in [1.29, 1.82) is 0 Å². The Kier molecular flexibility index (Phi) is 6.03. The van der Waals surface area contributed by atoms with Gasteiger partial charge in [0, 0.05) is 28.4 Å². The molecule has 3 aromatic rings. The Bertz CT molecular complexity index is 1200. The number of fused-ring (bicyclic) bond motifs is 2. The number of hydrogen-bond donors (Lipinski definition) is 0. The third-order valence-electron chi connectivity index (χ3n) is 5.30. The zero-order chi connectivity index (χ0) is 22.8. The zero-order valence-electron chi connectivity index (χ0n) is 17.2. The number of benzene rings is 3. The molecule has 0 fully saturated rings. The summed E-state index contributed by atoms with van der Waals surface area (Å²) in [6.45, 7) is -0.938. The first kappa shape index (κ1) is 21.7. The number of aldehydes is 1. The van der Waals surface area contributed by atoms with Crippen LogP contribution in [-0.4, -0.2) is 25.4 Å². The molecule has 0 unspecified atom stereocenters. The van der Waals surface area contributed by atoms with Crippen LogP contribution in [0.1, 0.15) is 34.8 Å². The molecule has 0 bridgehead atoms. The van der Waals surface area contributed by atoms with Crippen molar-refractivity contribution in [3.8, 4) is 11.5 Å². The summed E-state index contributed by atoms with van der Waals surface area (Å²) in [5.74, 6) is -0.929. The second-order valence-electron chi connectivity index (χ2n) is 7.32. The lowest BCUT2D eigenvalue weighted by Crippen LogP contribution is -2.23. The molecule has 0 radical (unpaired) electrons. The summed E-state index contributed by atoms with van der Waals surface area (Å²) >= 11 is 0. The molecule has 8 heteroatoms. The van der Waals surface area contributed by atoms with Crippen molar-refractivity contribution in [3.05, 3.63) is 65.0 Å². The van der Waals surface area contributed by atoms with Crippen molar-refractivity contribution < 1.29 is 32.2 Å². The molecule has 0 N–H and O–H groups in total. The van der Waals surface area contributed by atoms with E-state index in [1.54, 1.807) is 24.3 Å². The normalized spacial score (nSPS) is 13.0. The molecule has 0 saturated heterocycles. The summed E-state index contributed by atoms with van der Waals surface area (Å²) in [6.07, 6.45) is 1.18. The summed E-state index contributed by atoms with van der Waals surface area (Å²) in [7, 11) is 0. The fourth-order valence-corrected chi connectivity index (χ4v) is 3.91. The highest BCUT2D eigenvalue weighted by atomic mass is 19.3. The molecular weight excluding hydrogens is 423 g/mol. The Morgan fingerprint density at radius 3 is 2.47 bits per heavy atom. The van der Waals surface area contributed by atoms with E-state index in [1.807, 2.05) is 6.92 Å². The lowest BCUT2D eigenvalue weighted by Gasteiger charge is -2.17. The minimum Gasteiger partial charge on any atom is -0.492 e. The molecular formula is C24H20F3NO4. The van der Waals surface area contributed by atoms with Crippen LogP contribution < -0.4 is 14.4 Å². The number of carbonyl (C=O) groups is 2. The van der Waals surface area contributed by atoms with Gasteiger partial charge in [-0.2, -0.15) is 8.78 Å². The quantitative estimate of drug-likeness (QED) is 0.445. The van der Waals surface area contributed by atoms with Gasteiger partial charge in [-0.1, -0.05) is 37.3 Å². The summed E-state index contributed by atoms with van der Waals surface area (Å²) in [5, 5.41) is 0.887. The fourth-order valence-electron chi connectivity index (χ4n) is 3.91. The van der Waals surface area contributed by atoms with Crippen LogP contribution in [0, 0.1) is 5.82 Å². The lowest BCUT2D eigenvalue weighted by molar-refractivity contribution is -0.107. The standard InChI is InChI=1S/C24H20F3NO4/c1-2-11-31-22-17-6-4-3-5-16(17)21(32-24(26)27)18-13-28(23(30)20(18)22)15-8-7-14(9-10-29)19(25)12-15/h3-8,10,12,24H,2,9,11,13H2,1H3. The predicted octanol–water partition coefficient (Wildman–Crippen LogP) is 5.27. The van der Waals surface area contributed by atoms with E-state index < -0.39 is 18.3 Å². The van der Waals surface area contributed by atoms with Crippen LogP contribution in [0.3, 0.4) is 0 Å². The fraction of sp³-hybridized carbons (Fsp3) is 0.250. The van der Waals surface area contributed by atoms with Crippen LogP contribution in [0.4, 0.5) is 18.9 Å². The van der Waals surface area contributed by atoms with Gasteiger partial charge in [0.1, 0.15) is 23.6 Å². The average molecular weight is 443 g/mol. The van der Waals surface area contributed by atoms with Gasteiger partial charge in [-0.15, -0.1) is 0 Å². The van der Waals surface area contributed by atoms with Gasteiger partial charge in [0.05, 0.1) is 18.7 Å². The largest absolute Gasteiger partial charge is 0.492 e. The van der Waals surface area contributed by atoms with Gasteiger partial charge in [0.15, 0.2) is 0 Å². The number of hydrogen-bond acceptors (Lipinski definition) is 4. The van der Waals surface area contributed by atoms with Crippen LogP contribution in [-0.2, 0) is 17.8 Å². The molecule has 1 amide bonds. The van der Waals surface area contributed by atoms with Crippen molar-refractivity contribution >= 4 is 28.7 Å². The number of amides is 1. The number of carbonyl (C=O) groups excluding carboxylic acids is 2. The molecule has 0 saturated carbocycles. The van der Waals surface area contributed by atoms with Crippen molar-refractivity contribution in [2.75, 3.05) is 11.5 Å². The van der Waals surface area contributed by atoms with E-state index in [4.69, 9.17) is 9.47 Å². The van der Waals surface area contributed by atoms with Gasteiger partial charge in [-0.05, 0) is 24.1 Å². The maximum atomic E-state index is 14.4. The second kappa shape index (κ2) is 8.90. The number of nitrogens with zero attached hydrogens (tertiary/aromatic N) is 1. The SMILES string of the molecule is CCCOc1c2c(c(OC(F)F)c3ccccc13)CN(c1ccc(CC=O)c(F)c1)C2=O. The first-order valence-corrected chi connectivity index (χ1v) is 10.1. The number of halogens is 3. The van der Waals surface area contributed by atoms with Crippen LogP contribution in [0.2, 0.25) is 0 Å². The Morgan fingerprint density at radius 1 is 1.12 bits per heavy atom. The molecule has 1 aliphatic rings. The maximum Gasteiger partial charge on any atom is 0.387 e. The van der Waals surface area contributed by atoms with E-state index in [2.05, 4.69) is 0 Å². The molecule has 5 nitrogen and oxygen atoms in total. The second-order valence-corrected chi connectivity index (χ2v) is 7.32. The third-order valence-corrected chi connectivity index (χ3v) is 5.30. The Labute approximate surface area is 182 Å². The Hall–Kier alpha value is -3.55. The van der Waals surface area contributed by atoms with Crippen LogP contribution in [0.15, 0.2) is 42.5 Å². The maximum absolute atomic E-state index is 14.4. The van der Waals surface area contributed by atoms with E-state index in [-0.39, 0.29) is 41.1 Å². The van der Waals surface area contributed by atoms with Crippen LogP contribution in [0.25, 0.3) is 10.8 Å². The highest BCUT2D eigenvalue weighted by Crippen LogP contribution is 2.46. The summed E-state index contributed by atoms with van der Waals surface area (Å²) in [4.78, 5) is 25.4. The van der Waals surface area contributed by atoms with E-state index in [0.29, 0.717) is 35.8 Å². The van der Waals surface area contributed by atoms with Gasteiger partial charge >= 0.3 is 6.61 Å². The first-order chi connectivity index (χ1) is 15.5. The molecule has 3 aromatic carbocycles. The van der Waals surface area contributed by atoms with Crippen LogP contribution in [0.5, 0.6) is 11.5 Å². The van der Waals surface area contributed by atoms with Gasteiger partial charge in [0.25, 0.3) is 5.91 Å². The molecule has 4 rings (SSSR count). The number of rotatable bonds is 8. The molecule has 1 heterocycles. The molecule has 0 aliphatic carbocycles. The van der Waals surface area contributed by atoms with Gasteiger partial charge in [0.2, 0.25) is 0 Å². The lowest BCUT2D eigenvalue weighted by atomic mass is 9.99. The molecule has 32 heavy (non-hydrogen) atoms. The van der Waals surface area contributed by atoms with Gasteiger partial charge in [-0.25, -0.2) is 4.39 Å². The van der Waals surface area contributed by atoms with Gasteiger partial charge < -0.3 is 19.2 Å². The summed E-state index contributed by atoms with van der Waals surface area (Å²) < 4.78 is 51.7. The highest BCUT2D eigenvalue weighted by Gasteiger charge is 2.37. The number of ether oxygens (including phenoxy) is 2. The summed E-state index contributed by atoms with van der Waals surface area (Å²) in [5.41, 5.74) is 0.835. The average Bonchev–Trinajstić information content (AvgIpc) is 3.12. The Balaban J connectivity index is 1.89. The van der Waals surface area contributed by atoms with Crippen molar-refractivity contribution in [2.24, 2.45) is 0 Å². The van der Waals surface area contributed by atoms with Crippen molar-refractivity contribution in [3.63, 3.8) is 0 Å². The minimum absolute atomic E-state index is 0.0873. The third kappa shape index (κ3) is 3.77. The van der Waals surface area contributed by atoms with E-state index in [9.17, 15) is 22.8 Å². The monoisotopic (exact) mass is 443 g/mol. The van der Waals surface area contributed by atoms with E-state index >= 15 is 0 Å². The topological polar surface area (TPSA) is 55.8 Å². The zero-order valence-corrected chi connectivity index (χ0v) is 17.2. The van der Waals surface area contributed by atoms with Crippen LogP contribution >= 0.6 is 0 Å². The molecule has 0 atom stereocenters. The smallest absolute Gasteiger partial charge is 0.387 e. The van der Waals surface area contributed by atoms with Crippen molar-refractivity contribution in [2.45, 2.75) is 32.9 Å². The number of anilines is 1. The molecule has 0 spiro atoms. The first-order valence-electron chi connectivity index (χ1n) is 10.1. The molecule has 166 valence electrons. The predicted molar refractivity (Wildman–Crippen MR) is 113 cm³/mol.